The molecule has 128 valence electrons. The van der Waals surface area contributed by atoms with E-state index < -0.39 is 0 Å². The summed E-state index contributed by atoms with van der Waals surface area (Å²) in [4.78, 5) is 11.7. The highest BCUT2D eigenvalue weighted by molar-refractivity contribution is 5.80. The van der Waals surface area contributed by atoms with Crippen LogP contribution in [0.2, 0.25) is 0 Å². The van der Waals surface area contributed by atoms with Gasteiger partial charge in [0.1, 0.15) is 5.82 Å². The molecule has 2 saturated heterocycles. The molecule has 2 atom stereocenters. The standard InChI is InChI=1S/C18H20N6O/c1-25-18-12(3-2-7-20-18)13-11-21-24-10-6-16(22-17(13)24)23-9-5-14-15(23)4-8-19-14/h2-3,6-7,10-11,14-15,19H,4-5,8-9H2,1H3. The summed E-state index contributed by atoms with van der Waals surface area (Å²) < 4.78 is 7.22. The molecule has 2 fully saturated rings. The molecule has 2 unspecified atom stereocenters. The fourth-order valence-electron chi connectivity index (χ4n) is 4.12. The molecule has 7 nitrogen and oxygen atoms in total. The lowest BCUT2D eigenvalue weighted by Crippen LogP contribution is -2.34. The summed E-state index contributed by atoms with van der Waals surface area (Å²) >= 11 is 0. The molecule has 7 heteroatoms. The maximum absolute atomic E-state index is 5.41. The van der Waals surface area contributed by atoms with Crippen LogP contribution < -0.4 is 15.0 Å². The molecular weight excluding hydrogens is 316 g/mol. The van der Waals surface area contributed by atoms with Crippen molar-refractivity contribution in [1.29, 1.82) is 0 Å². The number of nitrogens with zero attached hydrogens (tertiary/aromatic N) is 5. The van der Waals surface area contributed by atoms with Crippen LogP contribution in [0.3, 0.4) is 0 Å². The third-order valence-corrected chi connectivity index (χ3v) is 5.30. The molecular formula is C18H20N6O. The normalized spacial score (nSPS) is 22.5. The van der Waals surface area contributed by atoms with Gasteiger partial charge in [0.15, 0.2) is 5.65 Å². The van der Waals surface area contributed by atoms with E-state index >= 15 is 0 Å². The van der Waals surface area contributed by atoms with Crippen molar-refractivity contribution in [1.82, 2.24) is 24.9 Å². The van der Waals surface area contributed by atoms with E-state index in [1.165, 1.54) is 12.8 Å². The first-order valence-electron chi connectivity index (χ1n) is 8.69. The lowest BCUT2D eigenvalue weighted by molar-refractivity contribution is 0.400. The number of hydrogen-bond donors (Lipinski definition) is 1. The molecule has 2 aliphatic rings. The number of anilines is 1. The van der Waals surface area contributed by atoms with Crippen molar-refractivity contribution in [3.05, 3.63) is 36.8 Å². The van der Waals surface area contributed by atoms with E-state index in [4.69, 9.17) is 9.72 Å². The largest absolute Gasteiger partial charge is 0.481 e. The van der Waals surface area contributed by atoms with Gasteiger partial charge in [0.05, 0.1) is 18.9 Å². The minimum atomic E-state index is 0.550. The first-order chi connectivity index (χ1) is 12.3. The monoisotopic (exact) mass is 336 g/mol. The topological polar surface area (TPSA) is 67.6 Å². The highest BCUT2D eigenvalue weighted by atomic mass is 16.5. The zero-order valence-corrected chi connectivity index (χ0v) is 14.1. The van der Waals surface area contributed by atoms with Gasteiger partial charge in [0.2, 0.25) is 5.88 Å². The molecule has 0 bridgehead atoms. The van der Waals surface area contributed by atoms with Crippen molar-refractivity contribution in [2.45, 2.75) is 24.9 Å². The van der Waals surface area contributed by atoms with E-state index in [1.54, 1.807) is 13.3 Å². The number of methoxy groups -OCH3 is 1. The van der Waals surface area contributed by atoms with Gasteiger partial charge in [-0.15, -0.1) is 0 Å². The molecule has 5 heterocycles. The fourth-order valence-corrected chi connectivity index (χ4v) is 4.12. The van der Waals surface area contributed by atoms with Gasteiger partial charge in [-0.25, -0.2) is 14.5 Å². The average molecular weight is 336 g/mol. The predicted octanol–water partition coefficient (Wildman–Crippen LogP) is 1.74. The van der Waals surface area contributed by atoms with Crippen LogP contribution in [0.1, 0.15) is 12.8 Å². The van der Waals surface area contributed by atoms with E-state index in [-0.39, 0.29) is 0 Å². The molecule has 0 radical (unpaired) electrons. The van der Waals surface area contributed by atoms with Gasteiger partial charge in [-0.05, 0) is 37.6 Å². The summed E-state index contributed by atoms with van der Waals surface area (Å²) in [5.74, 6) is 1.61. The number of rotatable bonds is 3. The molecule has 0 spiro atoms. The third kappa shape index (κ3) is 2.26. The van der Waals surface area contributed by atoms with Gasteiger partial charge in [0.25, 0.3) is 0 Å². The minimum Gasteiger partial charge on any atom is -0.481 e. The predicted molar refractivity (Wildman–Crippen MR) is 94.9 cm³/mol. The lowest BCUT2D eigenvalue weighted by atomic mass is 10.1. The second-order valence-corrected chi connectivity index (χ2v) is 6.57. The molecule has 25 heavy (non-hydrogen) atoms. The molecule has 1 N–H and O–H groups in total. The maximum Gasteiger partial charge on any atom is 0.221 e. The molecule has 0 aromatic carbocycles. The Hall–Kier alpha value is -2.67. The zero-order valence-electron chi connectivity index (χ0n) is 14.1. The van der Waals surface area contributed by atoms with Crippen molar-refractivity contribution >= 4 is 11.5 Å². The van der Waals surface area contributed by atoms with Gasteiger partial charge in [-0.3, -0.25) is 0 Å². The Balaban J connectivity index is 1.60. The average Bonchev–Trinajstić information content (AvgIpc) is 3.36. The van der Waals surface area contributed by atoms with Crippen LogP contribution in [0.4, 0.5) is 5.82 Å². The molecule has 0 aliphatic carbocycles. The Morgan fingerprint density at radius 2 is 2.20 bits per heavy atom. The number of pyridine rings is 1. The third-order valence-electron chi connectivity index (χ3n) is 5.30. The SMILES string of the molecule is COc1ncccc1-c1cnn2ccc(N3CCC4NCCC43)nc12. The number of fused-ring (bicyclic) bond motifs is 2. The summed E-state index contributed by atoms with van der Waals surface area (Å²) in [5, 5.41) is 8.04. The van der Waals surface area contributed by atoms with Crippen LogP contribution in [0.5, 0.6) is 5.88 Å². The van der Waals surface area contributed by atoms with Crippen molar-refractivity contribution in [3.8, 4) is 17.0 Å². The van der Waals surface area contributed by atoms with Gasteiger partial charge in [-0.2, -0.15) is 5.10 Å². The summed E-state index contributed by atoms with van der Waals surface area (Å²) in [7, 11) is 1.63. The highest BCUT2D eigenvalue weighted by Crippen LogP contribution is 2.33. The van der Waals surface area contributed by atoms with Crippen molar-refractivity contribution in [3.63, 3.8) is 0 Å². The fraction of sp³-hybridized carbons (Fsp3) is 0.389. The van der Waals surface area contributed by atoms with Crippen molar-refractivity contribution in [2.75, 3.05) is 25.1 Å². The quantitative estimate of drug-likeness (QED) is 0.786. The Morgan fingerprint density at radius 1 is 1.24 bits per heavy atom. The Morgan fingerprint density at radius 3 is 3.12 bits per heavy atom. The van der Waals surface area contributed by atoms with Gasteiger partial charge in [0, 0.05) is 36.6 Å². The summed E-state index contributed by atoms with van der Waals surface area (Å²) in [6.45, 7) is 2.14. The van der Waals surface area contributed by atoms with Gasteiger partial charge in [-0.1, -0.05) is 0 Å². The van der Waals surface area contributed by atoms with E-state index in [0.29, 0.717) is 18.0 Å². The van der Waals surface area contributed by atoms with E-state index in [1.807, 2.05) is 29.0 Å². The van der Waals surface area contributed by atoms with Crippen LogP contribution in [0.15, 0.2) is 36.8 Å². The zero-order chi connectivity index (χ0) is 16.8. The number of aromatic nitrogens is 4. The minimum absolute atomic E-state index is 0.550. The smallest absolute Gasteiger partial charge is 0.221 e. The first kappa shape index (κ1) is 14.7. The first-order valence-corrected chi connectivity index (χ1v) is 8.69. The van der Waals surface area contributed by atoms with Crippen LogP contribution in [-0.4, -0.2) is 51.9 Å². The molecule has 0 saturated carbocycles. The summed E-state index contributed by atoms with van der Waals surface area (Å²) in [5.41, 5.74) is 2.68. The van der Waals surface area contributed by atoms with Crippen LogP contribution in [0.25, 0.3) is 16.8 Å². The van der Waals surface area contributed by atoms with Gasteiger partial charge >= 0.3 is 0 Å². The van der Waals surface area contributed by atoms with Crippen LogP contribution in [0, 0.1) is 0 Å². The van der Waals surface area contributed by atoms with Gasteiger partial charge < -0.3 is 15.0 Å². The molecule has 5 rings (SSSR count). The molecule has 3 aromatic heterocycles. The number of ether oxygens (including phenoxy) is 1. The Labute approximate surface area is 145 Å². The van der Waals surface area contributed by atoms with Crippen LogP contribution >= 0.6 is 0 Å². The summed E-state index contributed by atoms with van der Waals surface area (Å²) in [6, 6.07) is 7.10. The number of nitrogens with one attached hydrogen (secondary N) is 1. The van der Waals surface area contributed by atoms with E-state index in [2.05, 4.69) is 26.4 Å². The van der Waals surface area contributed by atoms with Crippen LogP contribution in [-0.2, 0) is 0 Å². The molecule has 3 aromatic rings. The molecule has 2 aliphatic heterocycles. The Bertz CT molecular complexity index is 923. The number of hydrogen-bond acceptors (Lipinski definition) is 6. The lowest BCUT2D eigenvalue weighted by Gasteiger charge is -2.24. The van der Waals surface area contributed by atoms with Crippen molar-refractivity contribution < 1.29 is 4.74 Å². The maximum atomic E-state index is 5.41. The summed E-state index contributed by atoms with van der Waals surface area (Å²) in [6.07, 6.45) is 7.90. The van der Waals surface area contributed by atoms with Crippen molar-refractivity contribution in [2.24, 2.45) is 0 Å². The Kier molecular flexibility index (Phi) is 3.34. The highest BCUT2D eigenvalue weighted by Gasteiger charge is 2.38. The molecule has 0 amide bonds. The van der Waals surface area contributed by atoms with E-state index in [0.717, 1.165) is 35.7 Å². The second-order valence-electron chi connectivity index (χ2n) is 6.57. The van der Waals surface area contributed by atoms with E-state index in [9.17, 15) is 0 Å². The second kappa shape index (κ2) is 5.70.